The highest BCUT2D eigenvalue weighted by Crippen LogP contribution is 2.23. The summed E-state index contributed by atoms with van der Waals surface area (Å²) in [6, 6.07) is 9.16. The zero-order valence-electron chi connectivity index (χ0n) is 10.4. The van der Waals surface area contributed by atoms with Crippen LogP contribution in [0, 0.1) is 7.34 Å². The molecular weight excluding hydrogens is 517 g/mol. The first-order valence-corrected chi connectivity index (χ1v) is 8.39. The molecule has 0 saturated carbocycles. The van der Waals surface area contributed by atoms with E-state index in [4.69, 9.17) is 16.0 Å². The van der Waals surface area contributed by atoms with Crippen molar-refractivity contribution in [1.29, 1.82) is 0 Å². The van der Waals surface area contributed by atoms with Crippen molar-refractivity contribution in [2.45, 2.75) is 0 Å². The molecule has 1 aliphatic heterocycles. The highest BCUT2D eigenvalue weighted by atomic mass is 127. The first kappa shape index (κ1) is 15.0. The zero-order chi connectivity index (χ0) is 15.0. The summed E-state index contributed by atoms with van der Waals surface area (Å²) in [5.74, 6) is 0.769. The summed E-state index contributed by atoms with van der Waals surface area (Å²) in [6.45, 7) is 0. The SMILES string of the molecule is O=C1NC(c2cc(I)ccc2Cl)=N/C1=C/c1ccc(I)o1. The topological polar surface area (TPSA) is 54.6 Å². The third-order valence-corrected chi connectivity index (χ3v) is 4.33. The van der Waals surface area contributed by atoms with Crippen molar-refractivity contribution in [2.24, 2.45) is 4.99 Å². The number of aliphatic imine (C=N–C) groups is 1. The van der Waals surface area contributed by atoms with E-state index >= 15 is 0 Å². The number of benzene rings is 1. The van der Waals surface area contributed by atoms with Crippen LogP contribution in [0.3, 0.4) is 0 Å². The third-order valence-electron chi connectivity index (χ3n) is 2.75. The van der Waals surface area contributed by atoms with E-state index < -0.39 is 0 Å². The molecule has 0 atom stereocenters. The molecular formula is C14H7ClI2N2O2. The van der Waals surface area contributed by atoms with Crippen LogP contribution in [0.2, 0.25) is 5.02 Å². The number of furan rings is 1. The lowest BCUT2D eigenvalue weighted by molar-refractivity contribution is -0.115. The van der Waals surface area contributed by atoms with Crippen LogP contribution in [0.1, 0.15) is 11.3 Å². The molecule has 2 aromatic rings. The molecule has 0 bridgehead atoms. The molecule has 0 aliphatic carbocycles. The average Bonchev–Trinajstić information content (AvgIpc) is 3.00. The van der Waals surface area contributed by atoms with Crippen LogP contribution >= 0.6 is 56.8 Å². The van der Waals surface area contributed by atoms with Crippen molar-refractivity contribution >= 4 is 74.6 Å². The molecule has 106 valence electrons. The van der Waals surface area contributed by atoms with Gasteiger partial charge in [0.05, 0.1) is 5.02 Å². The number of rotatable bonds is 2. The standard InChI is InChI=1S/C14H7ClI2N2O2/c15-10-3-1-7(16)5-9(10)13-18-11(14(20)19-13)6-8-2-4-12(17)21-8/h1-6H,(H,18,19,20)/b11-6+. The van der Waals surface area contributed by atoms with E-state index in [0.29, 0.717) is 27.9 Å². The Balaban J connectivity index is 1.99. The second-order valence-corrected chi connectivity index (χ2v) is 6.93. The summed E-state index contributed by atoms with van der Waals surface area (Å²) in [5, 5.41) is 3.27. The van der Waals surface area contributed by atoms with E-state index in [1.54, 1.807) is 18.2 Å². The fourth-order valence-electron chi connectivity index (χ4n) is 1.82. The van der Waals surface area contributed by atoms with E-state index in [1.807, 2.05) is 18.2 Å². The van der Waals surface area contributed by atoms with Crippen molar-refractivity contribution in [3.8, 4) is 0 Å². The molecule has 0 fully saturated rings. The normalized spacial score (nSPS) is 16.2. The molecule has 21 heavy (non-hydrogen) atoms. The van der Waals surface area contributed by atoms with Gasteiger partial charge in [0.2, 0.25) is 0 Å². The molecule has 0 spiro atoms. The van der Waals surface area contributed by atoms with E-state index in [1.165, 1.54) is 0 Å². The summed E-state index contributed by atoms with van der Waals surface area (Å²) < 4.78 is 7.18. The minimum atomic E-state index is -0.272. The molecule has 1 N–H and O–H groups in total. The minimum Gasteiger partial charge on any atom is -0.451 e. The largest absolute Gasteiger partial charge is 0.451 e. The lowest BCUT2D eigenvalue weighted by Crippen LogP contribution is -2.25. The monoisotopic (exact) mass is 524 g/mol. The molecule has 3 rings (SSSR count). The van der Waals surface area contributed by atoms with Gasteiger partial charge in [-0.05, 0) is 75.5 Å². The van der Waals surface area contributed by atoms with E-state index in [0.717, 1.165) is 7.34 Å². The summed E-state index contributed by atoms with van der Waals surface area (Å²) in [6.07, 6.45) is 1.60. The molecule has 0 unspecified atom stereocenters. The number of carbonyl (C=O) groups is 1. The Hall–Kier alpha value is -0.870. The van der Waals surface area contributed by atoms with E-state index in [9.17, 15) is 4.79 Å². The van der Waals surface area contributed by atoms with Crippen LogP contribution in [-0.4, -0.2) is 11.7 Å². The Morgan fingerprint density at radius 3 is 2.76 bits per heavy atom. The smallest absolute Gasteiger partial charge is 0.275 e. The van der Waals surface area contributed by atoms with Gasteiger partial charge in [0.15, 0.2) is 3.77 Å². The van der Waals surface area contributed by atoms with Crippen LogP contribution in [-0.2, 0) is 4.79 Å². The number of amides is 1. The summed E-state index contributed by atoms with van der Waals surface area (Å²) in [5.41, 5.74) is 1.00. The van der Waals surface area contributed by atoms with Gasteiger partial charge in [-0.15, -0.1) is 0 Å². The zero-order valence-corrected chi connectivity index (χ0v) is 15.4. The average molecular weight is 524 g/mol. The highest BCUT2D eigenvalue weighted by molar-refractivity contribution is 14.1. The molecule has 1 aromatic carbocycles. The molecule has 7 heteroatoms. The lowest BCUT2D eigenvalue weighted by atomic mass is 10.2. The lowest BCUT2D eigenvalue weighted by Gasteiger charge is -2.03. The second kappa shape index (κ2) is 6.09. The highest BCUT2D eigenvalue weighted by Gasteiger charge is 2.23. The van der Waals surface area contributed by atoms with Gasteiger partial charge in [-0.1, -0.05) is 11.6 Å². The number of carbonyl (C=O) groups excluding carboxylic acids is 1. The fraction of sp³-hybridized carbons (Fsp3) is 0. The Morgan fingerprint density at radius 2 is 2.05 bits per heavy atom. The number of hydrogen-bond acceptors (Lipinski definition) is 3. The molecule has 4 nitrogen and oxygen atoms in total. The Morgan fingerprint density at radius 1 is 1.24 bits per heavy atom. The predicted octanol–water partition coefficient (Wildman–Crippen LogP) is 4.06. The molecule has 1 amide bonds. The number of hydrogen-bond donors (Lipinski definition) is 1. The molecule has 1 aromatic heterocycles. The van der Waals surface area contributed by atoms with E-state index in [-0.39, 0.29) is 5.91 Å². The maximum absolute atomic E-state index is 12.0. The number of amidine groups is 1. The van der Waals surface area contributed by atoms with Crippen molar-refractivity contribution in [3.63, 3.8) is 0 Å². The van der Waals surface area contributed by atoms with Crippen LogP contribution in [0.15, 0.2) is 45.4 Å². The second-order valence-electron chi connectivity index (χ2n) is 4.21. The Bertz CT molecular complexity index is 796. The molecule has 0 saturated heterocycles. The Kier molecular flexibility index (Phi) is 4.36. The van der Waals surface area contributed by atoms with Gasteiger partial charge in [0.25, 0.3) is 5.91 Å². The first-order chi connectivity index (χ1) is 10.0. The van der Waals surface area contributed by atoms with Gasteiger partial charge in [0.1, 0.15) is 17.3 Å². The van der Waals surface area contributed by atoms with Gasteiger partial charge in [0, 0.05) is 15.2 Å². The van der Waals surface area contributed by atoms with Gasteiger partial charge in [-0.2, -0.15) is 0 Å². The van der Waals surface area contributed by atoms with Crippen LogP contribution in [0.25, 0.3) is 6.08 Å². The fourth-order valence-corrected chi connectivity index (χ4v) is 2.95. The number of nitrogens with one attached hydrogen (secondary N) is 1. The van der Waals surface area contributed by atoms with Crippen molar-refractivity contribution in [1.82, 2.24) is 5.32 Å². The van der Waals surface area contributed by atoms with Gasteiger partial charge < -0.3 is 9.73 Å². The van der Waals surface area contributed by atoms with Crippen LogP contribution in [0.5, 0.6) is 0 Å². The molecule has 1 aliphatic rings. The number of nitrogens with zero attached hydrogens (tertiary/aromatic N) is 1. The first-order valence-electron chi connectivity index (χ1n) is 5.85. The molecule has 0 radical (unpaired) electrons. The van der Waals surface area contributed by atoms with Crippen molar-refractivity contribution in [2.75, 3.05) is 0 Å². The maximum atomic E-state index is 12.0. The third kappa shape index (κ3) is 3.32. The van der Waals surface area contributed by atoms with Crippen molar-refractivity contribution < 1.29 is 9.21 Å². The van der Waals surface area contributed by atoms with Crippen molar-refractivity contribution in [3.05, 3.63) is 59.7 Å². The quantitative estimate of drug-likeness (QED) is 0.476. The summed E-state index contributed by atoms with van der Waals surface area (Å²) in [7, 11) is 0. The Labute approximate surface area is 152 Å². The molecule has 2 heterocycles. The van der Waals surface area contributed by atoms with Gasteiger partial charge in [-0.3, -0.25) is 4.79 Å². The summed E-state index contributed by atoms with van der Waals surface area (Å²) in [4.78, 5) is 16.3. The van der Waals surface area contributed by atoms with Crippen LogP contribution in [0.4, 0.5) is 0 Å². The predicted molar refractivity (Wildman–Crippen MR) is 98.3 cm³/mol. The number of halogens is 3. The summed E-state index contributed by atoms with van der Waals surface area (Å²) >= 11 is 10.4. The van der Waals surface area contributed by atoms with Gasteiger partial charge >= 0.3 is 0 Å². The van der Waals surface area contributed by atoms with E-state index in [2.05, 4.69) is 55.5 Å². The van der Waals surface area contributed by atoms with Crippen LogP contribution < -0.4 is 5.32 Å². The maximum Gasteiger partial charge on any atom is 0.275 e. The minimum absolute atomic E-state index is 0.272. The van der Waals surface area contributed by atoms with Gasteiger partial charge in [-0.25, -0.2) is 4.99 Å².